The fourth-order valence-electron chi connectivity index (χ4n) is 3.81. The predicted octanol–water partition coefficient (Wildman–Crippen LogP) is 2.47. The van der Waals surface area contributed by atoms with Crippen molar-refractivity contribution in [3.8, 4) is 0 Å². The third-order valence-electron chi connectivity index (χ3n) is 4.80. The van der Waals surface area contributed by atoms with Gasteiger partial charge in [0.2, 0.25) is 11.8 Å². The zero-order valence-electron chi connectivity index (χ0n) is 13.2. The van der Waals surface area contributed by atoms with Gasteiger partial charge < -0.3 is 10.2 Å². The zero-order chi connectivity index (χ0) is 14.9. The van der Waals surface area contributed by atoms with Crippen molar-refractivity contribution in [1.82, 2.24) is 10.2 Å². The van der Waals surface area contributed by atoms with Gasteiger partial charge in [0.1, 0.15) is 11.6 Å². The van der Waals surface area contributed by atoms with Gasteiger partial charge in [-0.25, -0.2) is 0 Å². The number of piperazine rings is 1. The van der Waals surface area contributed by atoms with Crippen LogP contribution in [0.15, 0.2) is 0 Å². The normalized spacial score (nSPS) is 27.9. The number of carbonyl (C=O) groups excluding carboxylic acids is 2. The van der Waals surface area contributed by atoms with Crippen molar-refractivity contribution in [2.45, 2.75) is 83.8 Å². The SMILES string of the molecule is CC(C)CC(C)N1C(=O)C2(CCCCC2)NC(=O)C1C. The zero-order valence-corrected chi connectivity index (χ0v) is 13.2. The molecule has 1 saturated heterocycles. The van der Waals surface area contributed by atoms with Crippen LogP contribution in [0.3, 0.4) is 0 Å². The molecule has 2 amide bonds. The van der Waals surface area contributed by atoms with Crippen LogP contribution in [-0.4, -0.2) is 34.3 Å². The van der Waals surface area contributed by atoms with Crippen molar-refractivity contribution < 1.29 is 9.59 Å². The van der Waals surface area contributed by atoms with Gasteiger partial charge in [-0.1, -0.05) is 33.1 Å². The predicted molar refractivity (Wildman–Crippen MR) is 79.2 cm³/mol. The van der Waals surface area contributed by atoms with Crippen LogP contribution in [0, 0.1) is 5.92 Å². The van der Waals surface area contributed by atoms with Crippen LogP contribution < -0.4 is 5.32 Å². The molecule has 1 saturated carbocycles. The van der Waals surface area contributed by atoms with E-state index in [0.717, 1.165) is 32.1 Å². The summed E-state index contributed by atoms with van der Waals surface area (Å²) in [7, 11) is 0. The van der Waals surface area contributed by atoms with Crippen molar-refractivity contribution in [3.63, 3.8) is 0 Å². The molecule has 4 heteroatoms. The summed E-state index contributed by atoms with van der Waals surface area (Å²) >= 11 is 0. The number of carbonyl (C=O) groups is 2. The van der Waals surface area contributed by atoms with E-state index in [2.05, 4.69) is 26.1 Å². The first-order valence-electron chi connectivity index (χ1n) is 8.02. The third-order valence-corrected chi connectivity index (χ3v) is 4.80. The van der Waals surface area contributed by atoms with Gasteiger partial charge in [-0.05, 0) is 39.0 Å². The first kappa shape index (κ1) is 15.3. The van der Waals surface area contributed by atoms with E-state index in [1.165, 1.54) is 6.42 Å². The number of nitrogens with one attached hydrogen (secondary N) is 1. The van der Waals surface area contributed by atoms with Crippen LogP contribution in [0.1, 0.15) is 66.2 Å². The lowest BCUT2D eigenvalue weighted by atomic mass is 9.78. The number of hydrogen-bond donors (Lipinski definition) is 1. The third kappa shape index (κ3) is 2.70. The highest BCUT2D eigenvalue weighted by Crippen LogP contribution is 2.34. The van der Waals surface area contributed by atoms with Crippen LogP contribution >= 0.6 is 0 Å². The van der Waals surface area contributed by atoms with Crippen molar-refractivity contribution in [1.29, 1.82) is 0 Å². The molecule has 0 aromatic heterocycles. The van der Waals surface area contributed by atoms with Crippen molar-refractivity contribution in [3.05, 3.63) is 0 Å². The van der Waals surface area contributed by atoms with Crippen molar-refractivity contribution in [2.75, 3.05) is 0 Å². The lowest BCUT2D eigenvalue weighted by Crippen LogP contribution is -2.71. The fourth-order valence-corrected chi connectivity index (χ4v) is 3.81. The molecule has 1 spiro atoms. The van der Waals surface area contributed by atoms with Crippen LogP contribution in [-0.2, 0) is 9.59 Å². The maximum atomic E-state index is 13.0. The standard InChI is InChI=1S/C16H28N2O2/c1-11(2)10-12(3)18-13(4)14(19)17-16(15(18)20)8-6-5-7-9-16/h11-13H,5-10H2,1-4H3,(H,17,19). The van der Waals surface area contributed by atoms with Gasteiger partial charge in [0.15, 0.2) is 0 Å². The molecule has 1 aliphatic carbocycles. The van der Waals surface area contributed by atoms with Gasteiger partial charge in [0.25, 0.3) is 0 Å². The Balaban J connectivity index is 2.24. The Morgan fingerprint density at radius 1 is 1.20 bits per heavy atom. The summed E-state index contributed by atoms with van der Waals surface area (Å²) in [5, 5.41) is 3.04. The van der Waals surface area contributed by atoms with Crippen LogP contribution in [0.4, 0.5) is 0 Å². The summed E-state index contributed by atoms with van der Waals surface area (Å²) in [6.45, 7) is 8.24. The molecule has 4 nitrogen and oxygen atoms in total. The van der Waals surface area contributed by atoms with Gasteiger partial charge in [-0.15, -0.1) is 0 Å². The lowest BCUT2D eigenvalue weighted by Gasteiger charge is -2.49. The number of rotatable bonds is 3. The molecule has 2 rings (SSSR count). The highest BCUT2D eigenvalue weighted by molar-refractivity contribution is 5.99. The second-order valence-corrected chi connectivity index (χ2v) is 7.00. The van der Waals surface area contributed by atoms with E-state index < -0.39 is 5.54 Å². The molecule has 1 N–H and O–H groups in total. The molecular formula is C16H28N2O2. The molecule has 20 heavy (non-hydrogen) atoms. The van der Waals surface area contributed by atoms with E-state index >= 15 is 0 Å². The van der Waals surface area contributed by atoms with E-state index in [0.29, 0.717) is 5.92 Å². The first-order chi connectivity index (χ1) is 9.37. The van der Waals surface area contributed by atoms with Crippen molar-refractivity contribution >= 4 is 11.8 Å². The Bertz CT molecular complexity index is 386. The van der Waals surface area contributed by atoms with Gasteiger partial charge in [-0.2, -0.15) is 0 Å². The quantitative estimate of drug-likeness (QED) is 0.863. The number of hydrogen-bond acceptors (Lipinski definition) is 2. The average Bonchev–Trinajstić information content (AvgIpc) is 2.37. The number of amides is 2. The minimum absolute atomic E-state index is 0.0158. The molecule has 0 aromatic carbocycles. The highest BCUT2D eigenvalue weighted by atomic mass is 16.2. The molecule has 2 fully saturated rings. The maximum Gasteiger partial charge on any atom is 0.249 e. The van der Waals surface area contributed by atoms with Gasteiger partial charge in [0.05, 0.1) is 0 Å². The van der Waals surface area contributed by atoms with Crippen LogP contribution in [0.2, 0.25) is 0 Å². The van der Waals surface area contributed by atoms with Gasteiger partial charge >= 0.3 is 0 Å². The molecule has 2 unspecified atom stereocenters. The molecule has 0 radical (unpaired) electrons. The summed E-state index contributed by atoms with van der Waals surface area (Å²) in [6.07, 6.45) is 5.78. The Morgan fingerprint density at radius 2 is 1.80 bits per heavy atom. The summed E-state index contributed by atoms with van der Waals surface area (Å²) in [5.74, 6) is 0.692. The minimum Gasteiger partial charge on any atom is -0.340 e. The highest BCUT2D eigenvalue weighted by Gasteiger charge is 2.50. The van der Waals surface area contributed by atoms with E-state index in [1.807, 2.05) is 11.8 Å². The second-order valence-electron chi connectivity index (χ2n) is 7.00. The van der Waals surface area contributed by atoms with Crippen LogP contribution in [0.5, 0.6) is 0 Å². The monoisotopic (exact) mass is 280 g/mol. The van der Waals surface area contributed by atoms with E-state index in [-0.39, 0.29) is 23.9 Å². The molecular weight excluding hydrogens is 252 g/mol. The maximum absolute atomic E-state index is 13.0. The molecule has 1 heterocycles. The molecule has 2 atom stereocenters. The average molecular weight is 280 g/mol. The Kier molecular flexibility index (Phi) is 4.40. The molecule has 2 aliphatic rings. The molecule has 1 aliphatic heterocycles. The Labute approximate surface area is 122 Å². The smallest absolute Gasteiger partial charge is 0.249 e. The molecule has 0 bridgehead atoms. The molecule has 0 aromatic rings. The fraction of sp³-hybridized carbons (Fsp3) is 0.875. The van der Waals surface area contributed by atoms with Crippen molar-refractivity contribution in [2.24, 2.45) is 5.92 Å². The Hall–Kier alpha value is -1.06. The Morgan fingerprint density at radius 3 is 2.35 bits per heavy atom. The number of nitrogens with zero attached hydrogens (tertiary/aromatic N) is 1. The minimum atomic E-state index is -0.604. The van der Waals surface area contributed by atoms with Crippen LogP contribution in [0.25, 0.3) is 0 Å². The summed E-state index contributed by atoms with van der Waals surface area (Å²) in [5.41, 5.74) is -0.604. The largest absolute Gasteiger partial charge is 0.340 e. The topological polar surface area (TPSA) is 49.4 Å². The lowest BCUT2D eigenvalue weighted by molar-refractivity contribution is -0.158. The summed E-state index contributed by atoms with van der Waals surface area (Å²) in [6, 6.07) is -0.217. The second kappa shape index (κ2) is 5.74. The van der Waals surface area contributed by atoms with Gasteiger partial charge in [-0.3, -0.25) is 9.59 Å². The summed E-state index contributed by atoms with van der Waals surface area (Å²) in [4.78, 5) is 27.2. The molecule has 114 valence electrons. The first-order valence-corrected chi connectivity index (χ1v) is 8.02. The van der Waals surface area contributed by atoms with E-state index in [1.54, 1.807) is 0 Å². The van der Waals surface area contributed by atoms with Gasteiger partial charge in [0, 0.05) is 6.04 Å². The summed E-state index contributed by atoms with van der Waals surface area (Å²) < 4.78 is 0. The van der Waals surface area contributed by atoms with E-state index in [9.17, 15) is 9.59 Å². The van der Waals surface area contributed by atoms with E-state index in [4.69, 9.17) is 0 Å².